The van der Waals surface area contributed by atoms with E-state index >= 15 is 0 Å². The van der Waals surface area contributed by atoms with Gasteiger partial charge in [-0.05, 0) is 61.5 Å². The molecule has 6 heteroatoms. The summed E-state index contributed by atoms with van der Waals surface area (Å²) in [6.07, 6.45) is 1.82. The van der Waals surface area contributed by atoms with Gasteiger partial charge >= 0.3 is 0 Å². The monoisotopic (exact) mass is 368 g/mol. The fraction of sp³-hybridized carbons (Fsp3) is 0.200. The summed E-state index contributed by atoms with van der Waals surface area (Å²) in [5, 5.41) is 3.37. The molecule has 1 aliphatic heterocycles. The van der Waals surface area contributed by atoms with Gasteiger partial charge in [-0.15, -0.1) is 0 Å². The van der Waals surface area contributed by atoms with Gasteiger partial charge in [0.2, 0.25) is 0 Å². The second kappa shape index (κ2) is 8.10. The molecule has 0 radical (unpaired) electrons. The van der Waals surface area contributed by atoms with Crippen molar-refractivity contribution in [3.63, 3.8) is 0 Å². The van der Waals surface area contributed by atoms with Crippen LogP contribution in [0.2, 0.25) is 0 Å². The van der Waals surface area contributed by atoms with Crippen molar-refractivity contribution < 1.29 is 14.3 Å². The third kappa shape index (κ3) is 4.26. The molecule has 2 aromatic rings. The number of hydrogen-bond acceptors (Lipinski definition) is 5. The number of amidine groups is 1. The standard InChI is InChI=1S/C20H20N2O3S/c1-4-25-17-11-14(7-10-16(17)24-3)12-18-19(23)22-20(26-18)21-15-8-5-13(2)6-9-15/h5-12H,4H2,1-3H3,(H,21,22,23)/b18-12-. The van der Waals surface area contributed by atoms with Crippen molar-refractivity contribution in [2.75, 3.05) is 13.7 Å². The third-order valence-corrected chi connectivity index (χ3v) is 4.61. The highest BCUT2D eigenvalue weighted by Gasteiger charge is 2.24. The Balaban J connectivity index is 1.82. The molecule has 1 N–H and O–H groups in total. The maximum atomic E-state index is 12.2. The van der Waals surface area contributed by atoms with E-state index in [1.54, 1.807) is 7.11 Å². The van der Waals surface area contributed by atoms with Gasteiger partial charge in [-0.25, -0.2) is 4.99 Å². The molecule has 0 spiro atoms. The van der Waals surface area contributed by atoms with Crippen LogP contribution in [0.3, 0.4) is 0 Å². The average molecular weight is 368 g/mol. The molecule has 0 bridgehead atoms. The molecule has 0 aliphatic carbocycles. The Hall–Kier alpha value is -2.73. The highest BCUT2D eigenvalue weighted by Crippen LogP contribution is 2.32. The number of aliphatic imine (C=N–C) groups is 1. The molecular formula is C20H20N2O3S. The molecule has 0 saturated carbocycles. The minimum Gasteiger partial charge on any atom is -0.493 e. The van der Waals surface area contributed by atoms with Crippen LogP contribution in [0, 0.1) is 6.92 Å². The average Bonchev–Trinajstić information content (AvgIpc) is 2.97. The number of rotatable bonds is 5. The number of carbonyl (C=O) groups is 1. The van der Waals surface area contributed by atoms with Crippen molar-refractivity contribution in [2.45, 2.75) is 13.8 Å². The van der Waals surface area contributed by atoms with Gasteiger partial charge in [0.15, 0.2) is 16.7 Å². The molecule has 0 aromatic heterocycles. The van der Waals surface area contributed by atoms with Crippen LogP contribution in [-0.4, -0.2) is 24.8 Å². The summed E-state index contributed by atoms with van der Waals surface area (Å²) in [7, 11) is 1.60. The Morgan fingerprint density at radius 2 is 1.92 bits per heavy atom. The number of benzene rings is 2. The number of thioether (sulfide) groups is 1. The largest absolute Gasteiger partial charge is 0.493 e. The molecule has 0 unspecified atom stereocenters. The van der Waals surface area contributed by atoms with Crippen molar-refractivity contribution in [3.05, 3.63) is 58.5 Å². The van der Waals surface area contributed by atoms with Crippen LogP contribution in [0.4, 0.5) is 5.69 Å². The Bertz CT molecular complexity index is 873. The number of aryl methyl sites for hydroxylation is 1. The number of methoxy groups -OCH3 is 1. The summed E-state index contributed by atoms with van der Waals surface area (Å²) < 4.78 is 10.9. The molecule has 1 heterocycles. The van der Waals surface area contributed by atoms with Gasteiger partial charge in [0, 0.05) is 0 Å². The second-order valence-corrected chi connectivity index (χ2v) is 6.69. The minimum absolute atomic E-state index is 0.158. The highest BCUT2D eigenvalue weighted by atomic mass is 32.2. The first-order valence-corrected chi connectivity index (χ1v) is 9.08. The number of amides is 1. The Kier molecular flexibility index (Phi) is 5.63. The van der Waals surface area contributed by atoms with Crippen LogP contribution in [0.25, 0.3) is 6.08 Å². The van der Waals surface area contributed by atoms with Gasteiger partial charge in [-0.1, -0.05) is 23.8 Å². The van der Waals surface area contributed by atoms with Crippen molar-refractivity contribution in [1.29, 1.82) is 0 Å². The Morgan fingerprint density at radius 1 is 1.15 bits per heavy atom. The van der Waals surface area contributed by atoms with Gasteiger partial charge in [0.1, 0.15) is 0 Å². The maximum absolute atomic E-state index is 12.2. The molecule has 1 fully saturated rings. The second-order valence-electron chi connectivity index (χ2n) is 5.66. The van der Waals surface area contributed by atoms with Crippen LogP contribution in [0.1, 0.15) is 18.1 Å². The lowest BCUT2D eigenvalue weighted by Gasteiger charge is -2.09. The zero-order valence-corrected chi connectivity index (χ0v) is 15.7. The number of carbonyl (C=O) groups excluding carboxylic acids is 1. The van der Waals surface area contributed by atoms with E-state index in [1.807, 2.05) is 62.4 Å². The normalized spacial score (nSPS) is 16.8. The molecule has 2 aromatic carbocycles. The zero-order chi connectivity index (χ0) is 18.5. The maximum Gasteiger partial charge on any atom is 0.264 e. The lowest BCUT2D eigenvalue weighted by molar-refractivity contribution is -0.115. The van der Waals surface area contributed by atoms with Gasteiger partial charge in [0.25, 0.3) is 5.91 Å². The summed E-state index contributed by atoms with van der Waals surface area (Å²) >= 11 is 1.32. The van der Waals surface area contributed by atoms with E-state index in [0.29, 0.717) is 28.2 Å². The van der Waals surface area contributed by atoms with Crippen molar-refractivity contribution in [3.8, 4) is 11.5 Å². The SMILES string of the molecule is CCOc1cc(/C=C2\SC(=Nc3ccc(C)cc3)NC2=O)ccc1OC. The number of hydrogen-bond donors (Lipinski definition) is 1. The quantitative estimate of drug-likeness (QED) is 0.800. The van der Waals surface area contributed by atoms with Crippen LogP contribution in [0.15, 0.2) is 52.4 Å². The molecule has 1 amide bonds. The van der Waals surface area contributed by atoms with E-state index < -0.39 is 0 Å². The van der Waals surface area contributed by atoms with E-state index in [2.05, 4.69) is 10.3 Å². The summed E-state index contributed by atoms with van der Waals surface area (Å²) in [6.45, 7) is 4.48. The zero-order valence-electron chi connectivity index (χ0n) is 14.9. The van der Waals surface area contributed by atoms with Crippen molar-refractivity contribution >= 4 is 34.6 Å². The fourth-order valence-corrected chi connectivity index (χ4v) is 3.26. The molecule has 5 nitrogen and oxygen atoms in total. The van der Waals surface area contributed by atoms with Gasteiger partial charge < -0.3 is 14.8 Å². The van der Waals surface area contributed by atoms with Crippen LogP contribution in [-0.2, 0) is 4.79 Å². The molecule has 1 aliphatic rings. The lowest BCUT2D eigenvalue weighted by atomic mass is 10.2. The highest BCUT2D eigenvalue weighted by molar-refractivity contribution is 8.18. The Morgan fingerprint density at radius 3 is 2.62 bits per heavy atom. The summed E-state index contributed by atoms with van der Waals surface area (Å²) in [4.78, 5) is 17.3. The van der Waals surface area contributed by atoms with Crippen LogP contribution >= 0.6 is 11.8 Å². The topological polar surface area (TPSA) is 59.9 Å². The van der Waals surface area contributed by atoms with E-state index in [9.17, 15) is 4.79 Å². The summed E-state index contributed by atoms with van der Waals surface area (Å²) in [5.41, 5.74) is 2.84. The smallest absolute Gasteiger partial charge is 0.264 e. The minimum atomic E-state index is -0.158. The van der Waals surface area contributed by atoms with E-state index in [4.69, 9.17) is 9.47 Å². The van der Waals surface area contributed by atoms with Gasteiger partial charge in [0.05, 0.1) is 24.3 Å². The van der Waals surface area contributed by atoms with E-state index in [-0.39, 0.29) is 5.91 Å². The van der Waals surface area contributed by atoms with Crippen molar-refractivity contribution in [1.82, 2.24) is 5.32 Å². The predicted molar refractivity (Wildman–Crippen MR) is 106 cm³/mol. The van der Waals surface area contributed by atoms with Crippen LogP contribution < -0.4 is 14.8 Å². The van der Waals surface area contributed by atoms with Crippen LogP contribution in [0.5, 0.6) is 11.5 Å². The lowest BCUT2D eigenvalue weighted by Crippen LogP contribution is -2.19. The molecule has 26 heavy (non-hydrogen) atoms. The molecule has 1 saturated heterocycles. The molecular weight excluding hydrogens is 348 g/mol. The Labute approximate surface area is 157 Å². The summed E-state index contributed by atoms with van der Waals surface area (Å²) in [6, 6.07) is 13.4. The number of nitrogens with one attached hydrogen (secondary N) is 1. The van der Waals surface area contributed by atoms with E-state index in [0.717, 1.165) is 11.3 Å². The number of nitrogens with zero attached hydrogens (tertiary/aromatic N) is 1. The predicted octanol–water partition coefficient (Wildman–Crippen LogP) is 4.29. The first-order chi connectivity index (χ1) is 12.6. The first-order valence-electron chi connectivity index (χ1n) is 8.26. The summed E-state index contributed by atoms with van der Waals surface area (Å²) in [5.74, 6) is 1.16. The molecule has 0 atom stereocenters. The van der Waals surface area contributed by atoms with Gasteiger partial charge in [-0.3, -0.25) is 4.79 Å². The van der Waals surface area contributed by atoms with Crippen molar-refractivity contribution in [2.24, 2.45) is 4.99 Å². The molecule has 3 rings (SSSR count). The number of ether oxygens (including phenoxy) is 2. The molecule has 134 valence electrons. The van der Waals surface area contributed by atoms with Gasteiger partial charge in [-0.2, -0.15) is 0 Å². The fourth-order valence-electron chi connectivity index (χ4n) is 2.42. The van der Waals surface area contributed by atoms with E-state index in [1.165, 1.54) is 17.3 Å². The third-order valence-electron chi connectivity index (χ3n) is 3.70. The first kappa shape index (κ1) is 18.1.